The lowest BCUT2D eigenvalue weighted by Gasteiger charge is -2.11. The average molecular weight is 307 g/mol. The number of nitrogens with two attached hydrogens (primary N) is 1. The van der Waals surface area contributed by atoms with Crippen LogP contribution in [0.1, 0.15) is 16.0 Å². The molecule has 0 aliphatic heterocycles. The van der Waals surface area contributed by atoms with Crippen LogP contribution in [-0.2, 0) is 17.8 Å². The predicted octanol–water partition coefficient (Wildman–Crippen LogP) is 3.15. The lowest BCUT2D eigenvalue weighted by atomic mass is 10.1. The van der Waals surface area contributed by atoms with Crippen molar-refractivity contribution < 1.29 is 9.47 Å². The van der Waals surface area contributed by atoms with Gasteiger partial charge in [-0.15, -0.1) is 11.3 Å². The van der Waals surface area contributed by atoms with Crippen molar-refractivity contribution in [2.75, 3.05) is 13.7 Å². The van der Waals surface area contributed by atoms with Gasteiger partial charge < -0.3 is 15.2 Å². The van der Waals surface area contributed by atoms with Crippen molar-refractivity contribution in [3.8, 4) is 5.75 Å². The lowest BCUT2D eigenvalue weighted by molar-refractivity contribution is 0.122. The van der Waals surface area contributed by atoms with Crippen LogP contribution < -0.4 is 10.5 Å². The monoisotopic (exact) mass is 307 g/mol. The maximum atomic E-state index is 5.71. The Bertz CT molecular complexity index is 567. The van der Waals surface area contributed by atoms with Crippen molar-refractivity contribution in [2.24, 2.45) is 5.73 Å². The number of ether oxygens (including phenoxy) is 2. The normalized spacial score (nSPS) is 10.4. The van der Waals surface area contributed by atoms with E-state index in [4.69, 9.17) is 27.4 Å². The molecule has 3 nitrogen and oxygen atoms in total. The van der Waals surface area contributed by atoms with Gasteiger partial charge in [-0.3, -0.25) is 0 Å². The quantitative estimate of drug-likeness (QED) is 0.630. The van der Waals surface area contributed by atoms with Gasteiger partial charge in [0.1, 0.15) is 10.7 Å². The van der Waals surface area contributed by atoms with Crippen LogP contribution in [0, 0.1) is 0 Å². The Hall–Kier alpha value is -1.43. The number of methoxy groups -OCH3 is 1. The highest BCUT2D eigenvalue weighted by Crippen LogP contribution is 2.21. The van der Waals surface area contributed by atoms with Crippen LogP contribution in [0.4, 0.5) is 0 Å². The third-order valence-corrected chi connectivity index (χ3v) is 4.07. The van der Waals surface area contributed by atoms with Crippen LogP contribution in [0.25, 0.3) is 0 Å². The Morgan fingerprint density at radius 1 is 1.35 bits per heavy atom. The maximum Gasteiger partial charge on any atom is 0.124 e. The van der Waals surface area contributed by atoms with E-state index in [0.717, 1.165) is 23.3 Å². The molecule has 0 aliphatic rings. The van der Waals surface area contributed by atoms with E-state index >= 15 is 0 Å². The van der Waals surface area contributed by atoms with E-state index in [1.165, 1.54) is 4.88 Å². The van der Waals surface area contributed by atoms with Crippen LogP contribution in [0.15, 0.2) is 35.7 Å². The highest BCUT2D eigenvalue weighted by Gasteiger charge is 2.06. The van der Waals surface area contributed by atoms with Crippen LogP contribution >= 0.6 is 23.6 Å². The number of benzene rings is 1. The maximum absolute atomic E-state index is 5.71. The molecule has 0 bridgehead atoms. The van der Waals surface area contributed by atoms with E-state index in [1.54, 1.807) is 18.4 Å². The van der Waals surface area contributed by atoms with Gasteiger partial charge in [0.05, 0.1) is 20.3 Å². The Morgan fingerprint density at radius 2 is 2.20 bits per heavy atom. The number of thiophene rings is 1. The van der Waals surface area contributed by atoms with Crippen LogP contribution in [0.5, 0.6) is 5.75 Å². The van der Waals surface area contributed by atoms with E-state index in [-0.39, 0.29) is 0 Å². The summed E-state index contributed by atoms with van der Waals surface area (Å²) in [4.78, 5) is 1.71. The van der Waals surface area contributed by atoms with Gasteiger partial charge in [0.2, 0.25) is 0 Å². The molecule has 1 heterocycles. The summed E-state index contributed by atoms with van der Waals surface area (Å²) in [6, 6.07) is 9.81. The summed E-state index contributed by atoms with van der Waals surface area (Å²) in [5.74, 6) is 0.793. The Kier molecular flexibility index (Phi) is 5.52. The molecule has 2 aromatic rings. The second-order valence-electron chi connectivity index (χ2n) is 4.27. The number of rotatable bonds is 7. The highest BCUT2D eigenvalue weighted by atomic mass is 32.1. The molecule has 1 aromatic heterocycles. The third kappa shape index (κ3) is 4.03. The molecule has 0 saturated heterocycles. The third-order valence-electron chi connectivity index (χ3n) is 2.90. The van der Waals surface area contributed by atoms with E-state index < -0.39 is 0 Å². The first-order valence-electron chi connectivity index (χ1n) is 6.27. The molecule has 0 radical (unpaired) electrons. The number of thiocarbonyl (C=S) groups is 1. The average Bonchev–Trinajstić information content (AvgIpc) is 2.96. The minimum Gasteiger partial charge on any atom is -0.496 e. The molecule has 2 rings (SSSR count). The zero-order chi connectivity index (χ0) is 14.4. The zero-order valence-electron chi connectivity index (χ0n) is 11.3. The molecule has 0 aliphatic carbocycles. The van der Waals surface area contributed by atoms with Crippen molar-refractivity contribution in [3.63, 3.8) is 0 Å². The second kappa shape index (κ2) is 7.38. The summed E-state index contributed by atoms with van der Waals surface area (Å²) in [5, 5.41) is 2.07. The van der Waals surface area contributed by atoms with Gasteiger partial charge in [-0.1, -0.05) is 18.3 Å². The molecule has 0 spiro atoms. The minimum absolute atomic E-state index is 0.382. The summed E-state index contributed by atoms with van der Waals surface area (Å²) in [5.41, 5.74) is 7.44. The molecule has 106 valence electrons. The van der Waals surface area contributed by atoms with Gasteiger partial charge in [0.25, 0.3) is 0 Å². The van der Waals surface area contributed by atoms with Crippen LogP contribution in [0.2, 0.25) is 0 Å². The largest absolute Gasteiger partial charge is 0.496 e. The van der Waals surface area contributed by atoms with Crippen molar-refractivity contribution in [1.29, 1.82) is 0 Å². The summed E-state index contributed by atoms with van der Waals surface area (Å²) in [6.45, 7) is 1.17. The van der Waals surface area contributed by atoms with E-state index in [1.807, 2.05) is 18.2 Å². The second-order valence-corrected chi connectivity index (χ2v) is 5.74. The lowest BCUT2D eigenvalue weighted by Crippen LogP contribution is -2.10. The molecule has 1 aromatic carbocycles. The first-order chi connectivity index (χ1) is 9.70. The first kappa shape index (κ1) is 15.0. The Balaban J connectivity index is 1.93. The number of hydrogen-bond donors (Lipinski definition) is 1. The molecule has 0 unspecified atom stereocenters. The number of hydrogen-bond acceptors (Lipinski definition) is 4. The minimum atomic E-state index is 0.382. The van der Waals surface area contributed by atoms with Crippen molar-refractivity contribution >= 4 is 28.5 Å². The SMILES string of the molecule is COc1ccc(C(N)=S)cc1COCCc1cccs1. The van der Waals surface area contributed by atoms with E-state index in [9.17, 15) is 0 Å². The van der Waals surface area contributed by atoms with Gasteiger partial charge in [-0.2, -0.15) is 0 Å². The van der Waals surface area contributed by atoms with Crippen molar-refractivity contribution in [1.82, 2.24) is 0 Å². The Labute approximate surface area is 128 Å². The van der Waals surface area contributed by atoms with Gasteiger partial charge in [0, 0.05) is 22.4 Å². The summed E-state index contributed by atoms with van der Waals surface area (Å²) in [6.07, 6.45) is 0.926. The zero-order valence-corrected chi connectivity index (χ0v) is 12.9. The van der Waals surface area contributed by atoms with Gasteiger partial charge >= 0.3 is 0 Å². The van der Waals surface area contributed by atoms with Gasteiger partial charge in [-0.05, 0) is 29.6 Å². The molecule has 0 amide bonds. The first-order valence-corrected chi connectivity index (χ1v) is 7.56. The molecule has 0 saturated carbocycles. The molecule has 2 N–H and O–H groups in total. The predicted molar refractivity (Wildman–Crippen MR) is 86.6 cm³/mol. The summed E-state index contributed by atoms with van der Waals surface area (Å²) in [7, 11) is 1.64. The van der Waals surface area contributed by atoms with E-state index in [2.05, 4.69) is 17.5 Å². The molecule has 5 heteroatoms. The van der Waals surface area contributed by atoms with Crippen molar-refractivity contribution in [3.05, 3.63) is 51.7 Å². The molecular formula is C15H17NO2S2. The smallest absolute Gasteiger partial charge is 0.124 e. The van der Waals surface area contributed by atoms with Crippen LogP contribution in [0.3, 0.4) is 0 Å². The summed E-state index contributed by atoms with van der Waals surface area (Å²) >= 11 is 6.73. The van der Waals surface area contributed by atoms with Crippen molar-refractivity contribution in [2.45, 2.75) is 13.0 Å². The fourth-order valence-electron chi connectivity index (χ4n) is 1.85. The van der Waals surface area contributed by atoms with Gasteiger partial charge in [-0.25, -0.2) is 0 Å². The fraction of sp³-hybridized carbons (Fsp3) is 0.267. The van der Waals surface area contributed by atoms with Gasteiger partial charge in [0.15, 0.2) is 0 Å². The van der Waals surface area contributed by atoms with Crippen LogP contribution in [-0.4, -0.2) is 18.7 Å². The molecule has 20 heavy (non-hydrogen) atoms. The molecular weight excluding hydrogens is 290 g/mol. The highest BCUT2D eigenvalue weighted by molar-refractivity contribution is 7.80. The fourth-order valence-corrected chi connectivity index (χ4v) is 2.67. The molecule has 0 fully saturated rings. The topological polar surface area (TPSA) is 44.5 Å². The standard InChI is InChI=1S/C15H17NO2S2/c1-17-14-5-4-11(15(16)19)9-12(14)10-18-7-6-13-3-2-8-20-13/h2-5,8-9H,6-7,10H2,1H3,(H2,16,19). The Morgan fingerprint density at radius 3 is 2.85 bits per heavy atom. The van der Waals surface area contributed by atoms with E-state index in [0.29, 0.717) is 18.2 Å². The summed E-state index contributed by atoms with van der Waals surface area (Å²) < 4.78 is 11.0. The molecule has 0 atom stereocenters.